The maximum absolute atomic E-state index is 5.94. The molecule has 52 valence electrons. The summed E-state index contributed by atoms with van der Waals surface area (Å²) < 4.78 is 2.02. The van der Waals surface area contributed by atoms with Crippen LogP contribution in [-0.2, 0) is 0 Å². The topological polar surface area (TPSA) is 6.25 Å². The van der Waals surface area contributed by atoms with Crippen LogP contribution in [0.4, 0.5) is 0 Å². The van der Waals surface area contributed by atoms with Crippen LogP contribution in [0.15, 0.2) is 0 Å². The lowest BCUT2D eigenvalue weighted by Gasteiger charge is -2.21. The lowest BCUT2D eigenvalue weighted by Crippen LogP contribution is -2.40. The average Bonchev–Trinajstić information content (AvgIpc) is 1.83. The van der Waals surface area contributed by atoms with Gasteiger partial charge in [-0.1, -0.05) is 0 Å². The molecular weight excluding hydrogens is 136 g/mol. The minimum Gasteiger partial charge on any atom is -0.234 e. The Kier molecular flexibility index (Phi) is 2.09. The van der Waals surface area contributed by atoms with Crippen LogP contribution in [-0.4, -0.2) is 42.0 Å². The van der Waals surface area contributed by atoms with Crippen molar-refractivity contribution in [1.82, 2.24) is 4.90 Å². The van der Waals surface area contributed by atoms with Gasteiger partial charge < -0.3 is 0 Å². The number of halogens is 1. The molecule has 0 spiro atoms. The van der Waals surface area contributed by atoms with E-state index in [1.54, 1.807) is 0 Å². The number of alkyl halides is 1. The summed E-state index contributed by atoms with van der Waals surface area (Å²) in [7, 11) is 4.02. The van der Waals surface area contributed by atoms with E-state index in [2.05, 4.69) is 11.1 Å². The van der Waals surface area contributed by atoms with Crippen LogP contribution in [0.25, 0.3) is 0 Å². The molecule has 1 unspecified atom stereocenters. The Bertz CT molecular complexity index is 133. The van der Waals surface area contributed by atoms with Crippen LogP contribution in [0.3, 0.4) is 0 Å². The van der Waals surface area contributed by atoms with Crippen molar-refractivity contribution >= 4 is 17.8 Å². The molecule has 0 N–H and O–H groups in total. The first kappa shape index (κ1) is 7.03. The number of rotatable bonds is 0. The standard InChI is InChI=1S/C6H12ClN2/c1-8-4-3-5-9(2)6(8)7/h4,6H,3,5H2,1-2H3/q+1. The van der Waals surface area contributed by atoms with Gasteiger partial charge in [0.15, 0.2) is 0 Å². The van der Waals surface area contributed by atoms with E-state index in [1.165, 1.54) is 0 Å². The molecule has 3 heteroatoms. The third-order valence-corrected chi connectivity index (χ3v) is 2.24. The molecule has 1 rings (SSSR count). The van der Waals surface area contributed by atoms with Crippen molar-refractivity contribution in [3.8, 4) is 0 Å². The largest absolute Gasteiger partial charge is 0.286 e. The molecule has 0 aliphatic carbocycles. The molecule has 2 nitrogen and oxygen atoms in total. The molecule has 0 aromatic rings. The maximum atomic E-state index is 5.94. The molecule has 0 fully saturated rings. The van der Waals surface area contributed by atoms with Gasteiger partial charge in [0.2, 0.25) is 0 Å². The monoisotopic (exact) mass is 147 g/mol. The van der Waals surface area contributed by atoms with Gasteiger partial charge in [0.1, 0.15) is 13.3 Å². The first-order chi connectivity index (χ1) is 4.22. The van der Waals surface area contributed by atoms with Crippen LogP contribution in [0.5, 0.6) is 0 Å². The molecule has 0 aromatic heterocycles. The van der Waals surface area contributed by atoms with Gasteiger partial charge in [-0.05, 0) is 18.6 Å². The molecule has 0 saturated carbocycles. The molecule has 0 aromatic carbocycles. The summed E-state index contributed by atoms with van der Waals surface area (Å²) in [6, 6.07) is 0. The lowest BCUT2D eigenvalue weighted by molar-refractivity contribution is -0.540. The molecule has 0 radical (unpaired) electrons. The summed E-state index contributed by atoms with van der Waals surface area (Å²) in [4.78, 5) is 2.11. The van der Waals surface area contributed by atoms with E-state index in [0.29, 0.717) is 0 Å². The van der Waals surface area contributed by atoms with E-state index in [1.807, 2.05) is 18.7 Å². The van der Waals surface area contributed by atoms with Crippen LogP contribution in [0.1, 0.15) is 6.42 Å². The second-order valence-electron chi connectivity index (χ2n) is 2.43. The van der Waals surface area contributed by atoms with Crippen LogP contribution in [0.2, 0.25) is 0 Å². The van der Waals surface area contributed by atoms with Crippen molar-refractivity contribution < 1.29 is 4.58 Å². The molecule has 0 bridgehead atoms. The van der Waals surface area contributed by atoms with E-state index in [4.69, 9.17) is 11.6 Å². The molecule has 0 saturated heterocycles. The fourth-order valence-electron chi connectivity index (χ4n) is 0.969. The third kappa shape index (κ3) is 1.43. The molecule has 1 atom stereocenters. The quantitative estimate of drug-likeness (QED) is 0.276. The Balaban J connectivity index is 2.62. The summed E-state index contributed by atoms with van der Waals surface area (Å²) in [5.74, 6) is 0. The van der Waals surface area contributed by atoms with Gasteiger partial charge in [0.25, 0.3) is 5.62 Å². The summed E-state index contributed by atoms with van der Waals surface area (Å²) in [6.45, 7) is 1.07. The SMILES string of the molecule is CN1CCC=[N+](C)C1Cl. The lowest BCUT2D eigenvalue weighted by atomic mass is 10.4. The van der Waals surface area contributed by atoms with E-state index in [0.717, 1.165) is 13.0 Å². The third-order valence-electron chi connectivity index (χ3n) is 1.60. The van der Waals surface area contributed by atoms with Crippen molar-refractivity contribution in [2.45, 2.75) is 12.0 Å². The number of hydrogen-bond acceptors (Lipinski definition) is 1. The van der Waals surface area contributed by atoms with Gasteiger partial charge in [0, 0.05) is 13.0 Å². The molecular formula is C6H12ClN2+. The predicted molar refractivity (Wildman–Crippen MR) is 39.1 cm³/mol. The minimum absolute atomic E-state index is 0.0544. The second kappa shape index (κ2) is 2.67. The highest BCUT2D eigenvalue weighted by molar-refractivity contribution is 6.19. The Labute approximate surface area is 60.7 Å². The summed E-state index contributed by atoms with van der Waals surface area (Å²) in [5, 5.41) is 0. The number of nitrogens with zero attached hydrogens (tertiary/aromatic N) is 2. The predicted octanol–water partition coefficient (Wildman–Crippen LogP) is 0.557. The van der Waals surface area contributed by atoms with Crippen molar-refractivity contribution in [2.24, 2.45) is 0 Å². The fraction of sp³-hybridized carbons (Fsp3) is 0.833. The minimum atomic E-state index is 0.0544. The van der Waals surface area contributed by atoms with Gasteiger partial charge >= 0.3 is 0 Å². The van der Waals surface area contributed by atoms with Gasteiger partial charge in [-0.2, -0.15) is 0 Å². The van der Waals surface area contributed by atoms with Crippen LogP contribution in [0, 0.1) is 0 Å². The Hall–Kier alpha value is -0.0800. The Morgan fingerprint density at radius 3 is 2.89 bits per heavy atom. The Morgan fingerprint density at radius 2 is 2.44 bits per heavy atom. The highest BCUT2D eigenvalue weighted by Crippen LogP contribution is 2.05. The normalized spacial score (nSPS) is 30.1. The first-order valence-electron chi connectivity index (χ1n) is 3.11. The first-order valence-corrected chi connectivity index (χ1v) is 3.55. The van der Waals surface area contributed by atoms with Crippen molar-refractivity contribution in [3.63, 3.8) is 0 Å². The summed E-state index contributed by atoms with van der Waals surface area (Å²) >= 11 is 5.94. The summed E-state index contributed by atoms with van der Waals surface area (Å²) in [6.07, 6.45) is 3.23. The number of hydrogen-bond donors (Lipinski definition) is 0. The highest BCUT2D eigenvalue weighted by atomic mass is 35.5. The Morgan fingerprint density at radius 1 is 1.78 bits per heavy atom. The zero-order chi connectivity index (χ0) is 6.85. The molecule has 0 amide bonds. The maximum Gasteiger partial charge on any atom is 0.286 e. The van der Waals surface area contributed by atoms with Gasteiger partial charge in [0.05, 0.1) is 0 Å². The zero-order valence-corrected chi connectivity index (χ0v) is 6.60. The average molecular weight is 148 g/mol. The smallest absolute Gasteiger partial charge is 0.234 e. The molecule has 9 heavy (non-hydrogen) atoms. The van der Waals surface area contributed by atoms with Crippen molar-refractivity contribution in [3.05, 3.63) is 0 Å². The fourth-order valence-corrected chi connectivity index (χ4v) is 1.15. The zero-order valence-electron chi connectivity index (χ0n) is 5.84. The summed E-state index contributed by atoms with van der Waals surface area (Å²) in [5.41, 5.74) is 0.0544. The van der Waals surface area contributed by atoms with E-state index in [9.17, 15) is 0 Å². The van der Waals surface area contributed by atoms with Gasteiger partial charge in [-0.25, -0.2) is 9.48 Å². The van der Waals surface area contributed by atoms with E-state index < -0.39 is 0 Å². The molecule has 1 aliphatic rings. The van der Waals surface area contributed by atoms with E-state index in [-0.39, 0.29) is 5.62 Å². The highest BCUT2D eigenvalue weighted by Gasteiger charge is 2.22. The van der Waals surface area contributed by atoms with Crippen molar-refractivity contribution in [1.29, 1.82) is 0 Å². The molecule has 1 aliphatic heterocycles. The van der Waals surface area contributed by atoms with Gasteiger partial charge in [-0.3, -0.25) is 0 Å². The van der Waals surface area contributed by atoms with Crippen LogP contribution < -0.4 is 0 Å². The van der Waals surface area contributed by atoms with E-state index >= 15 is 0 Å². The van der Waals surface area contributed by atoms with Crippen LogP contribution >= 0.6 is 11.6 Å². The van der Waals surface area contributed by atoms with Gasteiger partial charge in [-0.15, -0.1) is 0 Å². The second-order valence-corrected chi connectivity index (χ2v) is 2.82. The molecule has 1 heterocycles. The van der Waals surface area contributed by atoms with Crippen molar-refractivity contribution in [2.75, 3.05) is 20.6 Å².